The Morgan fingerprint density at radius 3 is 2.54 bits per heavy atom. The van der Waals surface area contributed by atoms with E-state index in [4.69, 9.17) is 16.3 Å². The Hall–Kier alpha value is -1.26. The average molecular weight is 351 g/mol. The quantitative estimate of drug-likeness (QED) is 0.893. The van der Waals surface area contributed by atoms with Crippen molar-refractivity contribution in [2.45, 2.75) is 51.8 Å². The Morgan fingerprint density at radius 1 is 1.29 bits per heavy atom. The summed E-state index contributed by atoms with van der Waals surface area (Å²) in [6.45, 7) is 8.25. The van der Waals surface area contributed by atoms with Gasteiger partial charge >= 0.3 is 6.09 Å². The fraction of sp³-hybridized carbons (Fsp3) is 0.632. The molecule has 1 saturated heterocycles. The van der Waals surface area contributed by atoms with Crippen LogP contribution in [0.4, 0.5) is 4.79 Å². The number of carbonyl (C=O) groups is 1. The van der Waals surface area contributed by atoms with Gasteiger partial charge < -0.3 is 15.0 Å². The van der Waals surface area contributed by atoms with Crippen LogP contribution in [0.15, 0.2) is 24.3 Å². The Kier molecular flexibility index (Phi) is 5.07. The number of carbonyl (C=O) groups excluding carboxylic acids is 1. The summed E-state index contributed by atoms with van der Waals surface area (Å²) in [5.74, 6) is 1.18. The zero-order chi connectivity index (χ0) is 17.3. The second kappa shape index (κ2) is 6.93. The first kappa shape index (κ1) is 17.6. The van der Waals surface area contributed by atoms with Crippen LogP contribution in [0.3, 0.4) is 0 Å². The van der Waals surface area contributed by atoms with Crippen LogP contribution in [-0.2, 0) is 11.3 Å². The van der Waals surface area contributed by atoms with Crippen molar-refractivity contribution < 1.29 is 9.53 Å². The lowest BCUT2D eigenvalue weighted by molar-refractivity contribution is 0.0279. The van der Waals surface area contributed by atoms with Crippen LogP contribution in [0.1, 0.15) is 39.2 Å². The summed E-state index contributed by atoms with van der Waals surface area (Å²) < 4.78 is 5.49. The van der Waals surface area contributed by atoms with E-state index in [1.165, 1.54) is 5.56 Å². The molecular weight excluding hydrogens is 324 g/mol. The summed E-state index contributed by atoms with van der Waals surface area (Å²) in [5, 5.41) is 4.43. The maximum absolute atomic E-state index is 12.2. The van der Waals surface area contributed by atoms with Crippen molar-refractivity contribution in [3.8, 4) is 0 Å². The minimum absolute atomic E-state index is 0.166. The van der Waals surface area contributed by atoms with Crippen LogP contribution in [-0.4, -0.2) is 35.7 Å². The minimum Gasteiger partial charge on any atom is -0.444 e. The van der Waals surface area contributed by atoms with Gasteiger partial charge in [0.15, 0.2) is 0 Å². The molecule has 1 aromatic carbocycles. The molecule has 0 aromatic heterocycles. The van der Waals surface area contributed by atoms with Crippen molar-refractivity contribution in [3.05, 3.63) is 34.9 Å². The summed E-state index contributed by atoms with van der Waals surface area (Å²) in [7, 11) is 0. The summed E-state index contributed by atoms with van der Waals surface area (Å²) in [5.41, 5.74) is 0.797. The summed E-state index contributed by atoms with van der Waals surface area (Å²) in [4.78, 5) is 14.1. The third-order valence-electron chi connectivity index (χ3n) is 4.89. The van der Waals surface area contributed by atoms with Gasteiger partial charge in [0.1, 0.15) is 5.60 Å². The first-order chi connectivity index (χ1) is 11.3. The molecule has 1 unspecified atom stereocenters. The molecule has 0 radical (unpaired) electrons. The number of ether oxygens (including phenoxy) is 1. The first-order valence-corrected chi connectivity index (χ1v) is 9.14. The molecular formula is C19H27ClN2O2. The van der Waals surface area contributed by atoms with E-state index in [0.717, 1.165) is 37.5 Å². The molecule has 0 spiro atoms. The fourth-order valence-corrected chi connectivity index (χ4v) is 4.06. The zero-order valence-corrected chi connectivity index (χ0v) is 15.5. The van der Waals surface area contributed by atoms with Crippen LogP contribution in [0, 0.1) is 11.8 Å². The van der Waals surface area contributed by atoms with Gasteiger partial charge in [0, 0.05) is 30.7 Å². The molecule has 132 valence electrons. The van der Waals surface area contributed by atoms with E-state index < -0.39 is 5.60 Å². The van der Waals surface area contributed by atoms with Crippen molar-refractivity contribution in [2.24, 2.45) is 11.8 Å². The lowest BCUT2D eigenvalue weighted by Crippen LogP contribution is -2.37. The van der Waals surface area contributed by atoms with Crippen molar-refractivity contribution in [1.82, 2.24) is 10.2 Å². The highest BCUT2D eigenvalue weighted by molar-refractivity contribution is 6.30. The lowest BCUT2D eigenvalue weighted by Gasteiger charge is -2.25. The highest BCUT2D eigenvalue weighted by Gasteiger charge is 2.43. The number of likely N-dealkylation sites (tertiary alicyclic amines) is 1. The molecule has 3 rings (SSSR count). The highest BCUT2D eigenvalue weighted by Crippen LogP contribution is 2.38. The van der Waals surface area contributed by atoms with Gasteiger partial charge in [-0.05, 0) is 63.1 Å². The van der Waals surface area contributed by atoms with Crippen LogP contribution >= 0.6 is 11.6 Å². The SMILES string of the molecule is CC(C)(C)OC(=O)N1C[C@H]2CC(NCc3cccc(Cl)c3)C[C@H]2C1. The number of hydrogen-bond donors (Lipinski definition) is 1. The number of fused-ring (bicyclic) bond motifs is 1. The molecule has 1 aliphatic heterocycles. The van der Waals surface area contributed by atoms with Gasteiger partial charge in [0.2, 0.25) is 0 Å². The molecule has 1 amide bonds. The second-order valence-corrected chi connectivity index (χ2v) is 8.52. The topological polar surface area (TPSA) is 41.6 Å². The predicted octanol–water partition coefficient (Wildman–Crippen LogP) is 4.08. The normalized spacial score (nSPS) is 26.5. The third kappa shape index (κ3) is 4.42. The third-order valence-corrected chi connectivity index (χ3v) is 5.12. The number of nitrogens with zero attached hydrogens (tertiary/aromatic N) is 1. The van der Waals surface area contributed by atoms with Crippen LogP contribution < -0.4 is 5.32 Å². The molecule has 24 heavy (non-hydrogen) atoms. The van der Waals surface area contributed by atoms with Gasteiger partial charge in [-0.25, -0.2) is 4.79 Å². The molecule has 1 aliphatic carbocycles. The lowest BCUT2D eigenvalue weighted by atomic mass is 10.0. The fourth-order valence-electron chi connectivity index (χ4n) is 3.85. The van der Waals surface area contributed by atoms with Crippen LogP contribution in [0.5, 0.6) is 0 Å². The van der Waals surface area contributed by atoms with E-state index in [-0.39, 0.29) is 6.09 Å². The maximum atomic E-state index is 12.2. The average Bonchev–Trinajstić information content (AvgIpc) is 3.01. The van der Waals surface area contributed by atoms with Crippen molar-refractivity contribution in [3.63, 3.8) is 0 Å². The standard InChI is InChI=1S/C19H27ClN2O2/c1-19(2,3)24-18(23)22-11-14-8-17(9-15(14)12-22)21-10-13-5-4-6-16(20)7-13/h4-7,14-15,17,21H,8-12H2,1-3H3/t14-,15+,17?. The molecule has 1 aromatic rings. The zero-order valence-electron chi connectivity index (χ0n) is 14.7. The van der Waals surface area contributed by atoms with Crippen LogP contribution in [0.25, 0.3) is 0 Å². The molecule has 3 atom stereocenters. The smallest absolute Gasteiger partial charge is 0.410 e. The first-order valence-electron chi connectivity index (χ1n) is 8.76. The van der Waals surface area contributed by atoms with E-state index in [9.17, 15) is 4.79 Å². The van der Waals surface area contributed by atoms with Crippen molar-refractivity contribution in [2.75, 3.05) is 13.1 Å². The molecule has 4 nitrogen and oxygen atoms in total. The summed E-state index contributed by atoms with van der Waals surface area (Å²) >= 11 is 6.03. The number of nitrogens with one attached hydrogen (secondary N) is 1. The van der Waals surface area contributed by atoms with Gasteiger partial charge in [-0.2, -0.15) is 0 Å². The highest BCUT2D eigenvalue weighted by atomic mass is 35.5. The summed E-state index contributed by atoms with van der Waals surface area (Å²) in [6, 6.07) is 8.52. The van der Waals surface area contributed by atoms with Gasteiger partial charge in [0.05, 0.1) is 0 Å². The van der Waals surface area contributed by atoms with Crippen molar-refractivity contribution >= 4 is 17.7 Å². The Bertz CT molecular complexity index is 585. The Morgan fingerprint density at radius 2 is 1.96 bits per heavy atom. The number of rotatable bonds is 3. The number of amides is 1. The monoisotopic (exact) mass is 350 g/mol. The van der Waals surface area contributed by atoms with E-state index in [2.05, 4.69) is 11.4 Å². The van der Waals surface area contributed by atoms with E-state index in [1.54, 1.807) is 0 Å². The van der Waals surface area contributed by atoms with Gasteiger partial charge in [-0.3, -0.25) is 0 Å². The Labute approximate surface area is 149 Å². The molecule has 1 N–H and O–H groups in total. The van der Waals surface area contributed by atoms with Gasteiger partial charge in [-0.1, -0.05) is 23.7 Å². The molecule has 2 aliphatic rings. The summed E-state index contributed by atoms with van der Waals surface area (Å²) in [6.07, 6.45) is 2.09. The molecule has 0 bridgehead atoms. The van der Waals surface area contributed by atoms with Gasteiger partial charge in [-0.15, -0.1) is 0 Å². The van der Waals surface area contributed by atoms with E-state index >= 15 is 0 Å². The maximum Gasteiger partial charge on any atom is 0.410 e. The number of halogens is 1. The predicted molar refractivity (Wildman–Crippen MR) is 96.1 cm³/mol. The number of benzene rings is 1. The number of hydrogen-bond acceptors (Lipinski definition) is 3. The van der Waals surface area contributed by atoms with Crippen LogP contribution in [0.2, 0.25) is 5.02 Å². The molecule has 1 heterocycles. The molecule has 1 saturated carbocycles. The molecule has 5 heteroatoms. The largest absolute Gasteiger partial charge is 0.444 e. The van der Waals surface area contributed by atoms with Gasteiger partial charge in [0.25, 0.3) is 0 Å². The van der Waals surface area contributed by atoms with E-state index in [0.29, 0.717) is 17.9 Å². The van der Waals surface area contributed by atoms with E-state index in [1.807, 2.05) is 43.9 Å². The molecule has 2 fully saturated rings. The van der Waals surface area contributed by atoms with Crippen molar-refractivity contribution in [1.29, 1.82) is 0 Å². The second-order valence-electron chi connectivity index (χ2n) is 8.08. The Balaban J connectivity index is 1.46. The minimum atomic E-state index is -0.421.